The Morgan fingerprint density at radius 1 is 0.829 bits per heavy atom. The van der Waals surface area contributed by atoms with Crippen LogP contribution >= 0.6 is 0 Å². The topological polar surface area (TPSA) is 69.7 Å². The minimum atomic E-state index is -0.277. The molecule has 3 amide bonds. The molecule has 3 aromatic carbocycles. The van der Waals surface area contributed by atoms with Crippen LogP contribution in [-0.2, 0) is 13.1 Å². The zero-order valence-electron chi connectivity index (χ0n) is 19.9. The average Bonchev–Trinajstić information content (AvgIpc) is 3.11. The zero-order chi connectivity index (χ0) is 24.4. The molecule has 1 saturated heterocycles. The Bertz CT molecular complexity index is 1230. The standard InChI is InChI=1S/C29H29N3O3/c1-20-5-4-6-22(17-20)18-31-15-13-24(14-16-31)30-27(33)23-11-9-21(10-12-23)19-32-28(34)25-7-2-3-8-26(25)29(32)35/h2-12,17,24H,13-16,18-19H2,1H3,(H,30,33). The van der Waals surface area contributed by atoms with E-state index in [1.165, 1.54) is 16.0 Å². The normalized spacial score (nSPS) is 16.4. The number of nitrogens with zero attached hydrogens (tertiary/aromatic N) is 2. The molecule has 0 radical (unpaired) electrons. The van der Waals surface area contributed by atoms with Crippen molar-refractivity contribution >= 4 is 17.7 Å². The van der Waals surface area contributed by atoms with E-state index in [1.807, 2.05) is 12.1 Å². The van der Waals surface area contributed by atoms with Gasteiger partial charge in [0.1, 0.15) is 0 Å². The summed E-state index contributed by atoms with van der Waals surface area (Å²) in [4.78, 5) is 41.7. The third kappa shape index (κ3) is 5.03. The molecule has 0 aromatic heterocycles. The third-order valence-electron chi connectivity index (χ3n) is 6.85. The van der Waals surface area contributed by atoms with Gasteiger partial charge in [-0.2, -0.15) is 0 Å². The summed E-state index contributed by atoms with van der Waals surface area (Å²) in [5, 5.41) is 3.16. The monoisotopic (exact) mass is 467 g/mol. The van der Waals surface area contributed by atoms with Gasteiger partial charge in [-0.25, -0.2) is 0 Å². The highest BCUT2D eigenvalue weighted by Gasteiger charge is 2.35. The summed E-state index contributed by atoms with van der Waals surface area (Å²) in [6.07, 6.45) is 1.85. The molecule has 0 bridgehead atoms. The van der Waals surface area contributed by atoms with Crippen LogP contribution in [-0.4, -0.2) is 46.7 Å². The minimum Gasteiger partial charge on any atom is -0.349 e. The lowest BCUT2D eigenvalue weighted by molar-refractivity contribution is 0.0641. The van der Waals surface area contributed by atoms with Crippen molar-refractivity contribution in [1.82, 2.24) is 15.1 Å². The molecule has 5 rings (SSSR count). The highest BCUT2D eigenvalue weighted by Crippen LogP contribution is 2.24. The van der Waals surface area contributed by atoms with Gasteiger partial charge >= 0.3 is 0 Å². The van der Waals surface area contributed by atoms with E-state index >= 15 is 0 Å². The molecule has 0 spiro atoms. The van der Waals surface area contributed by atoms with Crippen LogP contribution in [0.4, 0.5) is 0 Å². The number of imide groups is 1. The van der Waals surface area contributed by atoms with Gasteiger partial charge in [-0.15, -0.1) is 0 Å². The molecule has 0 unspecified atom stereocenters. The van der Waals surface area contributed by atoms with Crippen LogP contribution in [0.15, 0.2) is 72.8 Å². The second kappa shape index (κ2) is 9.84. The number of benzene rings is 3. The molecule has 2 aliphatic heterocycles. The van der Waals surface area contributed by atoms with Gasteiger partial charge in [0.05, 0.1) is 17.7 Å². The van der Waals surface area contributed by atoms with Gasteiger partial charge in [-0.3, -0.25) is 24.2 Å². The molecule has 0 saturated carbocycles. The van der Waals surface area contributed by atoms with E-state index in [-0.39, 0.29) is 30.3 Å². The van der Waals surface area contributed by atoms with Crippen molar-refractivity contribution in [3.05, 3.63) is 106 Å². The lowest BCUT2D eigenvalue weighted by Crippen LogP contribution is -2.44. The van der Waals surface area contributed by atoms with Crippen LogP contribution < -0.4 is 5.32 Å². The van der Waals surface area contributed by atoms with Gasteiger partial charge in [0, 0.05) is 31.2 Å². The third-order valence-corrected chi connectivity index (χ3v) is 6.85. The Morgan fingerprint density at radius 3 is 2.11 bits per heavy atom. The van der Waals surface area contributed by atoms with Crippen molar-refractivity contribution in [2.24, 2.45) is 0 Å². The van der Waals surface area contributed by atoms with Crippen molar-refractivity contribution in [2.75, 3.05) is 13.1 Å². The number of hydrogen-bond acceptors (Lipinski definition) is 4. The molecule has 2 heterocycles. The predicted molar refractivity (Wildman–Crippen MR) is 134 cm³/mol. The van der Waals surface area contributed by atoms with E-state index in [0.29, 0.717) is 16.7 Å². The number of piperidine rings is 1. The quantitative estimate of drug-likeness (QED) is 0.552. The fourth-order valence-corrected chi connectivity index (χ4v) is 4.90. The van der Waals surface area contributed by atoms with Gasteiger partial charge < -0.3 is 5.32 Å². The van der Waals surface area contributed by atoms with E-state index < -0.39 is 0 Å². The maximum atomic E-state index is 12.8. The fraction of sp³-hybridized carbons (Fsp3) is 0.276. The van der Waals surface area contributed by atoms with Crippen LogP contribution in [0, 0.1) is 6.92 Å². The molecule has 2 aliphatic rings. The van der Waals surface area contributed by atoms with Crippen molar-refractivity contribution in [1.29, 1.82) is 0 Å². The first-order chi connectivity index (χ1) is 17.0. The molecule has 35 heavy (non-hydrogen) atoms. The lowest BCUT2D eigenvalue weighted by Gasteiger charge is -2.32. The molecule has 1 fully saturated rings. The highest BCUT2D eigenvalue weighted by molar-refractivity contribution is 6.21. The van der Waals surface area contributed by atoms with Crippen LogP contribution in [0.3, 0.4) is 0 Å². The van der Waals surface area contributed by atoms with E-state index in [2.05, 4.69) is 41.4 Å². The van der Waals surface area contributed by atoms with E-state index in [1.54, 1.807) is 36.4 Å². The predicted octanol–water partition coefficient (Wildman–Crippen LogP) is 4.19. The number of fused-ring (bicyclic) bond motifs is 1. The SMILES string of the molecule is Cc1cccc(CN2CCC(NC(=O)c3ccc(CN4C(=O)c5ccccc5C4=O)cc3)CC2)c1. The number of rotatable bonds is 6. The number of aryl methyl sites for hydroxylation is 1. The first-order valence-electron chi connectivity index (χ1n) is 12.1. The number of likely N-dealkylation sites (tertiary alicyclic amines) is 1. The molecule has 6 nitrogen and oxygen atoms in total. The molecule has 0 aliphatic carbocycles. The number of hydrogen-bond donors (Lipinski definition) is 1. The largest absolute Gasteiger partial charge is 0.349 e. The van der Waals surface area contributed by atoms with Crippen LogP contribution in [0.2, 0.25) is 0 Å². The zero-order valence-corrected chi connectivity index (χ0v) is 19.9. The average molecular weight is 468 g/mol. The van der Waals surface area contributed by atoms with Gasteiger partial charge in [-0.05, 0) is 55.2 Å². The molecule has 1 N–H and O–H groups in total. The fourth-order valence-electron chi connectivity index (χ4n) is 4.90. The van der Waals surface area contributed by atoms with Crippen LogP contribution in [0.5, 0.6) is 0 Å². The van der Waals surface area contributed by atoms with Crippen molar-refractivity contribution < 1.29 is 14.4 Å². The Labute approximate surface area is 205 Å². The van der Waals surface area contributed by atoms with E-state index in [0.717, 1.165) is 38.0 Å². The Morgan fingerprint density at radius 2 is 1.49 bits per heavy atom. The molecule has 6 heteroatoms. The molecule has 0 atom stereocenters. The lowest BCUT2D eigenvalue weighted by atomic mass is 10.0. The molecular formula is C29H29N3O3. The Balaban J connectivity index is 1.13. The number of carbonyl (C=O) groups excluding carboxylic acids is 3. The molecular weight excluding hydrogens is 438 g/mol. The van der Waals surface area contributed by atoms with Crippen molar-refractivity contribution in [2.45, 2.75) is 38.9 Å². The van der Waals surface area contributed by atoms with E-state index in [4.69, 9.17) is 0 Å². The minimum absolute atomic E-state index is 0.0885. The van der Waals surface area contributed by atoms with Gasteiger partial charge in [-0.1, -0.05) is 54.1 Å². The smallest absolute Gasteiger partial charge is 0.261 e. The summed E-state index contributed by atoms with van der Waals surface area (Å²) >= 11 is 0. The number of carbonyl (C=O) groups is 3. The first-order valence-corrected chi connectivity index (χ1v) is 12.1. The second-order valence-electron chi connectivity index (χ2n) is 9.45. The maximum Gasteiger partial charge on any atom is 0.261 e. The summed E-state index contributed by atoms with van der Waals surface area (Å²) in [6.45, 7) is 5.16. The Hall–Kier alpha value is -3.77. The number of nitrogens with one attached hydrogen (secondary N) is 1. The van der Waals surface area contributed by atoms with Crippen LogP contribution in [0.25, 0.3) is 0 Å². The highest BCUT2D eigenvalue weighted by atomic mass is 16.2. The molecule has 178 valence electrons. The maximum absolute atomic E-state index is 12.8. The van der Waals surface area contributed by atoms with E-state index in [9.17, 15) is 14.4 Å². The second-order valence-corrected chi connectivity index (χ2v) is 9.45. The molecule has 3 aromatic rings. The van der Waals surface area contributed by atoms with Gasteiger partial charge in [0.25, 0.3) is 17.7 Å². The first kappa shape index (κ1) is 23.0. The summed E-state index contributed by atoms with van der Waals surface area (Å²) in [6, 6.07) is 22.8. The summed E-state index contributed by atoms with van der Waals surface area (Å²) in [7, 11) is 0. The number of amides is 3. The van der Waals surface area contributed by atoms with Crippen LogP contribution in [0.1, 0.15) is 60.6 Å². The van der Waals surface area contributed by atoms with Gasteiger partial charge in [0.15, 0.2) is 0 Å². The van der Waals surface area contributed by atoms with Gasteiger partial charge in [0.2, 0.25) is 0 Å². The van der Waals surface area contributed by atoms with Crippen molar-refractivity contribution in [3.63, 3.8) is 0 Å². The summed E-state index contributed by atoms with van der Waals surface area (Å²) < 4.78 is 0. The summed E-state index contributed by atoms with van der Waals surface area (Å²) in [5.41, 5.74) is 4.88. The summed E-state index contributed by atoms with van der Waals surface area (Å²) in [5.74, 6) is -0.642. The van der Waals surface area contributed by atoms with Crippen molar-refractivity contribution in [3.8, 4) is 0 Å². The Kier molecular flexibility index (Phi) is 6.47.